The molecule has 2 heteroatoms. The summed E-state index contributed by atoms with van der Waals surface area (Å²) in [5.74, 6) is 0. The first-order valence-corrected chi connectivity index (χ1v) is 5.20. The zero-order valence-electron chi connectivity index (χ0n) is 8.89. The van der Waals surface area contributed by atoms with E-state index in [1.165, 1.54) is 0 Å². The second-order valence-electron chi connectivity index (χ2n) is 3.55. The first-order chi connectivity index (χ1) is 7.86. The molecule has 0 radical (unpaired) electrons. The van der Waals surface area contributed by atoms with E-state index in [1.54, 1.807) is 0 Å². The van der Waals surface area contributed by atoms with E-state index in [9.17, 15) is 4.79 Å². The third kappa shape index (κ3) is 1.88. The van der Waals surface area contributed by atoms with E-state index in [2.05, 4.69) is 0 Å². The first-order valence-electron chi connectivity index (χ1n) is 5.20. The van der Waals surface area contributed by atoms with E-state index in [0.29, 0.717) is 12.1 Å². The largest absolute Gasteiger partial charge is 0.327 e. The van der Waals surface area contributed by atoms with Crippen LogP contribution in [0.5, 0.6) is 0 Å². The lowest BCUT2D eigenvalue weighted by atomic mass is 9.99. The molecular weight excluding hydrogens is 198 g/mol. The van der Waals surface area contributed by atoms with Crippen molar-refractivity contribution in [3.63, 3.8) is 0 Å². The maximum absolute atomic E-state index is 11.0. The summed E-state index contributed by atoms with van der Waals surface area (Å²) < 4.78 is 0. The molecule has 0 bridgehead atoms. The molecule has 0 saturated heterocycles. The van der Waals surface area contributed by atoms with E-state index >= 15 is 0 Å². The Morgan fingerprint density at radius 2 is 1.94 bits per heavy atom. The number of aldehydes is 1. The number of rotatable bonds is 3. The van der Waals surface area contributed by atoms with Gasteiger partial charge in [-0.2, -0.15) is 0 Å². The van der Waals surface area contributed by atoms with Crippen molar-refractivity contribution in [1.82, 2.24) is 0 Å². The van der Waals surface area contributed by atoms with Crippen LogP contribution < -0.4 is 5.73 Å². The minimum absolute atomic E-state index is 0.474. The quantitative estimate of drug-likeness (QED) is 0.793. The Labute approximate surface area is 94.4 Å². The number of fused-ring (bicyclic) bond motifs is 1. The van der Waals surface area contributed by atoms with Crippen LogP contribution in [-0.2, 0) is 0 Å². The summed E-state index contributed by atoms with van der Waals surface area (Å²) in [6.07, 6.45) is 4.64. The number of benzene rings is 2. The van der Waals surface area contributed by atoms with E-state index in [-0.39, 0.29) is 0 Å². The molecule has 0 aliphatic heterocycles. The van der Waals surface area contributed by atoms with Crippen LogP contribution in [0.1, 0.15) is 15.9 Å². The summed E-state index contributed by atoms with van der Waals surface area (Å²) >= 11 is 0. The van der Waals surface area contributed by atoms with Crippen LogP contribution in [0.4, 0.5) is 0 Å². The Hall–Kier alpha value is -1.93. The normalized spacial score (nSPS) is 11.1. The lowest BCUT2D eigenvalue weighted by Gasteiger charge is -2.05. The molecule has 0 saturated carbocycles. The Bertz CT molecular complexity index is 543. The molecule has 2 aromatic carbocycles. The van der Waals surface area contributed by atoms with Crippen LogP contribution in [0.3, 0.4) is 0 Å². The molecule has 0 heterocycles. The molecule has 2 aromatic rings. The van der Waals surface area contributed by atoms with E-state index in [4.69, 9.17) is 5.73 Å². The van der Waals surface area contributed by atoms with Crippen LogP contribution in [0.25, 0.3) is 16.8 Å². The van der Waals surface area contributed by atoms with Crippen molar-refractivity contribution in [2.45, 2.75) is 0 Å². The van der Waals surface area contributed by atoms with Crippen LogP contribution in [-0.4, -0.2) is 12.8 Å². The van der Waals surface area contributed by atoms with Crippen molar-refractivity contribution in [3.05, 3.63) is 53.6 Å². The number of carbonyl (C=O) groups excluding carboxylic acids is 1. The molecule has 0 spiro atoms. The van der Waals surface area contributed by atoms with Crippen molar-refractivity contribution in [2.24, 2.45) is 5.73 Å². The van der Waals surface area contributed by atoms with Crippen molar-refractivity contribution < 1.29 is 4.79 Å². The SMILES string of the molecule is NCC=Cc1c(C=O)ccc2ccccc12. The summed E-state index contributed by atoms with van der Waals surface area (Å²) in [6.45, 7) is 0.474. The summed E-state index contributed by atoms with van der Waals surface area (Å²) in [7, 11) is 0. The molecule has 0 aliphatic carbocycles. The van der Waals surface area contributed by atoms with Crippen molar-refractivity contribution in [3.8, 4) is 0 Å². The Kier molecular flexibility index (Phi) is 3.13. The summed E-state index contributed by atoms with van der Waals surface area (Å²) in [6, 6.07) is 11.8. The standard InChI is InChI=1S/C14H13NO/c15-9-3-6-14-12(10-16)8-7-11-4-1-2-5-13(11)14/h1-8,10H,9,15H2. The molecule has 2 N–H and O–H groups in total. The van der Waals surface area contributed by atoms with Gasteiger partial charge in [0.15, 0.2) is 6.29 Å². The van der Waals surface area contributed by atoms with Crippen molar-refractivity contribution >= 4 is 23.1 Å². The average Bonchev–Trinajstić information content (AvgIpc) is 2.35. The monoisotopic (exact) mass is 211 g/mol. The predicted molar refractivity (Wildman–Crippen MR) is 67.4 cm³/mol. The van der Waals surface area contributed by atoms with Crippen LogP contribution in [0, 0.1) is 0 Å². The predicted octanol–water partition coefficient (Wildman–Crippen LogP) is 2.62. The van der Waals surface area contributed by atoms with E-state index < -0.39 is 0 Å². The smallest absolute Gasteiger partial charge is 0.150 e. The zero-order valence-corrected chi connectivity index (χ0v) is 8.89. The van der Waals surface area contributed by atoms with Gasteiger partial charge in [0.2, 0.25) is 0 Å². The van der Waals surface area contributed by atoms with E-state index in [0.717, 1.165) is 22.6 Å². The highest BCUT2D eigenvalue weighted by Gasteiger charge is 2.03. The molecule has 0 fully saturated rings. The second-order valence-corrected chi connectivity index (χ2v) is 3.55. The Balaban J connectivity index is 2.72. The molecule has 0 atom stereocenters. The lowest BCUT2D eigenvalue weighted by Crippen LogP contribution is -1.93. The molecule has 2 rings (SSSR count). The minimum atomic E-state index is 0.474. The number of hydrogen-bond acceptors (Lipinski definition) is 2. The molecule has 80 valence electrons. The van der Waals surface area contributed by atoms with Gasteiger partial charge in [0.25, 0.3) is 0 Å². The molecule has 0 aliphatic rings. The summed E-state index contributed by atoms with van der Waals surface area (Å²) in [5.41, 5.74) is 7.08. The van der Waals surface area contributed by atoms with Gasteiger partial charge in [0.05, 0.1) is 0 Å². The number of carbonyl (C=O) groups is 1. The highest BCUT2D eigenvalue weighted by atomic mass is 16.1. The second kappa shape index (κ2) is 4.73. The molecule has 2 nitrogen and oxygen atoms in total. The Morgan fingerprint density at radius 3 is 2.69 bits per heavy atom. The fraction of sp³-hybridized carbons (Fsp3) is 0.0714. The van der Waals surface area contributed by atoms with Crippen molar-refractivity contribution in [1.29, 1.82) is 0 Å². The molecule has 0 unspecified atom stereocenters. The number of nitrogens with two attached hydrogens (primary N) is 1. The van der Waals surface area contributed by atoms with Gasteiger partial charge in [-0.15, -0.1) is 0 Å². The van der Waals surface area contributed by atoms with Crippen molar-refractivity contribution in [2.75, 3.05) is 6.54 Å². The van der Waals surface area contributed by atoms with Crippen LogP contribution in [0.2, 0.25) is 0 Å². The summed E-state index contributed by atoms with van der Waals surface area (Å²) in [4.78, 5) is 11.0. The zero-order chi connectivity index (χ0) is 11.4. The Morgan fingerprint density at radius 1 is 1.12 bits per heavy atom. The van der Waals surface area contributed by atoms with Crippen LogP contribution in [0.15, 0.2) is 42.5 Å². The van der Waals surface area contributed by atoms with Gasteiger partial charge >= 0.3 is 0 Å². The molecular formula is C14H13NO. The topological polar surface area (TPSA) is 43.1 Å². The number of hydrogen-bond donors (Lipinski definition) is 1. The van der Waals surface area contributed by atoms with Gasteiger partial charge in [-0.05, 0) is 16.3 Å². The van der Waals surface area contributed by atoms with Gasteiger partial charge in [-0.3, -0.25) is 4.79 Å². The van der Waals surface area contributed by atoms with Crippen LogP contribution >= 0.6 is 0 Å². The maximum atomic E-state index is 11.0. The van der Waals surface area contributed by atoms with Gasteiger partial charge in [0.1, 0.15) is 0 Å². The first kappa shape index (κ1) is 10.6. The third-order valence-corrected chi connectivity index (χ3v) is 2.55. The summed E-state index contributed by atoms with van der Waals surface area (Å²) in [5, 5.41) is 2.21. The van der Waals surface area contributed by atoms with Gasteiger partial charge in [-0.1, -0.05) is 48.6 Å². The average molecular weight is 211 g/mol. The fourth-order valence-corrected chi connectivity index (χ4v) is 1.79. The lowest BCUT2D eigenvalue weighted by molar-refractivity contribution is 0.112. The molecule has 16 heavy (non-hydrogen) atoms. The van der Waals surface area contributed by atoms with Gasteiger partial charge in [0, 0.05) is 12.1 Å². The van der Waals surface area contributed by atoms with E-state index in [1.807, 2.05) is 48.6 Å². The van der Waals surface area contributed by atoms with Gasteiger partial charge < -0.3 is 5.73 Å². The maximum Gasteiger partial charge on any atom is 0.150 e. The molecule has 0 aromatic heterocycles. The third-order valence-electron chi connectivity index (χ3n) is 2.55. The minimum Gasteiger partial charge on any atom is -0.327 e. The fourth-order valence-electron chi connectivity index (χ4n) is 1.79. The highest BCUT2D eigenvalue weighted by molar-refractivity contribution is 5.98. The highest BCUT2D eigenvalue weighted by Crippen LogP contribution is 2.22. The molecule has 0 amide bonds. The van der Waals surface area contributed by atoms with Gasteiger partial charge in [-0.25, -0.2) is 0 Å².